The Morgan fingerprint density at radius 1 is 1.19 bits per heavy atom. The van der Waals surface area contributed by atoms with E-state index in [1.165, 1.54) is 25.3 Å². The molecule has 0 unspecified atom stereocenters. The fourth-order valence-corrected chi connectivity index (χ4v) is 2.63. The number of hydrogen-bond acceptors (Lipinski definition) is 5. The number of carbonyl (C=O) groups is 1. The molecule has 3 rings (SSSR count). The lowest BCUT2D eigenvalue weighted by molar-refractivity contribution is -0.384. The molecular formula is C17H12Cl2N4O4. The molecule has 138 valence electrons. The average Bonchev–Trinajstić information content (AvgIpc) is 3.14. The number of hydrogen-bond donors (Lipinski definition) is 2. The monoisotopic (exact) mass is 406 g/mol. The van der Waals surface area contributed by atoms with Gasteiger partial charge in [0.25, 0.3) is 11.6 Å². The summed E-state index contributed by atoms with van der Waals surface area (Å²) in [5, 5.41) is 21.0. The molecule has 1 amide bonds. The average molecular weight is 407 g/mol. The van der Waals surface area contributed by atoms with Crippen molar-refractivity contribution in [2.24, 2.45) is 0 Å². The van der Waals surface area contributed by atoms with Gasteiger partial charge in [0, 0.05) is 11.6 Å². The molecule has 8 nitrogen and oxygen atoms in total. The predicted molar refractivity (Wildman–Crippen MR) is 102 cm³/mol. The van der Waals surface area contributed by atoms with Crippen LogP contribution in [0, 0.1) is 10.1 Å². The zero-order valence-corrected chi connectivity index (χ0v) is 15.3. The van der Waals surface area contributed by atoms with Crippen LogP contribution in [-0.2, 0) is 0 Å². The van der Waals surface area contributed by atoms with E-state index >= 15 is 0 Å². The number of H-pyrrole nitrogens is 1. The Labute approximate surface area is 163 Å². The predicted octanol–water partition coefficient (Wildman–Crippen LogP) is 4.55. The number of halogens is 2. The van der Waals surface area contributed by atoms with Crippen LogP contribution in [0.3, 0.4) is 0 Å². The van der Waals surface area contributed by atoms with Crippen LogP contribution < -0.4 is 10.1 Å². The quantitative estimate of drug-likeness (QED) is 0.476. The molecule has 0 saturated heterocycles. The zero-order valence-electron chi connectivity index (χ0n) is 13.8. The SMILES string of the molecule is COc1cc([N+](=O)[O-])ccc1NC(=O)c1cc(-c2ccc(Cl)c(Cl)c2)n[nH]1. The van der Waals surface area contributed by atoms with Gasteiger partial charge in [0.2, 0.25) is 0 Å². The maximum absolute atomic E-state index is 12.4. The van der Waals surface area contributed by atoms with E-state index in [1.54, 1.807) is 24.3 Å². The van der Waals surface area contributed by atoms with Gasteiger partial charge in [-0.05, 0) is 24.3 Å². The van der Waals surface area contributed by atoms with E-state index in [9.17, 15) is 14.9 Å². The lowest BCUT2D eigenvalue weighted by Crippen LogP contribution is -2.13. The Balaban J connectivity index is 1.82. The summed E-state index contributed by atoms with van der Waals surface area (Å²) in [6, 6.07) is 10.4. The third-order valence-electron chi connectivity index (χ3n) is 3.68. The standard InChI is InChI=1S/C17H12Cl2N4O4/c1-27-16-7-10(23(25)26)3-5-13(16)20-17(24)15-8-14(21-22-15)9-2-4-11(18)12(19)6-9/h2-8H,1H3,(H,20,24)(H,21,22). The lowest BCUT2D eigenvalue weighted by Gasteiger charge is -2.09. The molecule has 1 heterocycles. The van der Waals surface area contributed by atoms with Crippen molar-refractivity contribution in [3.63, 3.8) is 0 Å². The highest BCUT2D eigenvalue weighted by Gasteiger charge is 2.16. The molecule has 10 heteroatoms. The molecule has 0 spiro atoms. The number of nitro groups is 1. The molecular weight excluding hydrogens is 395 g/mol. The minimum atomic E-state index is -0.549. The molecule has 0 radical (unpaired) electrons. The van der Waals surface area contributed by atoms with Gasteiger partial charge in [-0.15, -0.1) is 0 Å². The van der Waals surface area contributed by atoms with Crippen LogP contribution in [-0.4, -0.2) is 28.1 Å². The molecule has 0 atom stereocenters. The van der Waals surface area contributed by atoms with Gasteiger partial charge in [-0.1, -0.05) is 29.3 Å². The topological polar surface area (TPSA) is 110 Å². The van der Waals surface area contributed by atoms with E-state index in [0.29, 0.717) is 27.0 Å². The highest BCUT2D eigenvalue weighted by atomic mass is 35.5. The molecule has 2 N–H and O–H groups in total. The number of amides is 1. The van der Waals surface area contributed by atoms with Gasteiger partial charge in [-0.25, -0.2) is 0 Å². The lowest BCUT2D eigenvalue weighted by atomic mass is 10.1. The molecule has 0 saturated carbocycles. The first-order valence-corrected chi connectivity index (χ1v) is 8.29. The summed E-state index contributed by atoms with van der Waals surface area (Å²) < 4.78 is 5.10. The number of benzene rings is 2. The summed E-state index contributed by atoms with van der Waals surface area (Å²) in [6.07, 6.45) is 0. The van der Waals surface area contributed by atoms with Gasteiger partial charge < -0.3 is 10.1 Å². The maximum atomic E-state index is 12.4. The van der Waals surface area contributed by atoms with Crippen molar-refractivity contribution in [3.8, 4) is 17.0 Å². The second kappa shape index (κ2) is 7.65. The van der Waals surface area contributed by atoms with Crippen LogP contribution in [0.25, 0.3) is 11.3 Å². The van der Waals surface area contributed by atoms with Crippen LogP contribution in [0.2, 0.25) is 10.0 Å². The van der Waals surface area contributed by atoms with Gasteiger partial charge in [-0.3, -0.25) is 20.0 Å². The number of methoxy groups -OCH3 is 1. The van der Waals surface area contributed by atoms with E-state index in [-0.39, 0.29) is 17.1 Å². The molecule has 0 bridgehead atoms. The normalized spacial score (nSPS) is 10.5. The van der Waals surface area contributed by atoms with Crippen LogP contribution >= 0.6 is 23.2 Å². The smallest absolute Gasteiger partial charge is 0.273 e. The van der Waals surface area contributed by atoms with Crippen LogP contribution in [0.4, 0.5) is 11.4 Å². The summed E-state index contributed by atoms with van der Waals surface area (Å²) in [7, 11) is 1.35. The van der Waals surface area contributed by atoms with Crippen molar-refractivity contribution in [2.75, 3.05) is 12.4 Å². The second-order valence-corrected chi connectivity index (χ2v) is 6.21. The number of nitrogens with zero attached hydrogens (tertiary/aromatic N) is 2. The number of anilines is 1. The summed E-state index contributed by atoms with van der Waals surface area (Å²) >= 11 is 11.9. The first kappa shape index (κ1) is 18.7. The van der Waals surface area contributed by atoms with Gasteiger partial charge in [-0.2, -0.15) is 5.10 Å². The number of non-ortho nitro benzene ring substituents is 1. The third-order valence-corrected chi connectivity index (χ3v) is 4.42. The number of ether oxygens (including phenoxy) is 1. The second-order valence-electron chi connectivity index (χ2n) is 5.39. The van der Waals surface area contributed by atoms with E-state index in [2.05, 4.69) is 15.5 Å². The maximum Gasteiger partial charge on any atom is 0.273 e. The Morgan fingerprint density at radius 3 is 2.63 bits per heavy atom. The first-order chi connectivity index (χ1) is 12.9. The van der Waals surface area contributed by atoms with Crippen molar-refractivity contribution in [1.82, 2.24) is 10.2 Å². The molecule has 3 aromatic rings. The Kier molecular flexibility index (Phi) is 5.29. The van der Waals surface area contributed by atoms with Gasteiger partial charge in [0.1, 0.15) is 11.4 Å². The van der Waals surface area contributed by atoms with E-state index in [1.807, 2.05) is 0 Å². The van der Waals surface area contributed by atoms with Gasteiger partial charge in [0.05, 0.1) is 39.5 Å². The number of aromatic nitrogens is 2. The van der Waals surface area contributed by atoms with Crippen molar-refractivity contribution in [2.45, 2.75) is 0 Å². The minimum absolute atomic E-state index is 0.145. The van der Waals surface area contributed by atoms with Crippen molar-refractivity contribution >= 4 is 40.5 Å². The fourth-order valence-electron chi connectivity index (χ4n) is 2.33. The molecule has 0 aliphatic heterocycles. The van der Waals surface area contributed by atoms with E-state index in [4.69, 9.17) is 27.9 Å². The summed E-state index contributed by atoms with van der Waals surface area (Å²) in [6.45, 7) is 0. The summed E-state index contributed by atoms with van der Waals surface area (Å²) in [5.41, 5.74) is 1.53. The third kappa shape index (κ3) is 4.02. The molecule has 0 aliphatic carbocycles. The molecule has 27 heavy (non-hydrogen) atoms. The van der Waals surface area contributed by atoms with E-state index < -0.39 is 10.8 Å². The Morgan fingerprint density at radius 2 is 1.96 bits per heavy atom. The number of nitro benzene ring substituents is 1. The highest BCUT2D eigenvalue weighted by molar-refractivity contribution is 6.42. The Bertz CT molecular complexity index is 1040. The molecule has 0 fully saturated rings. The number of carbonyl (C=O) groups excluding carboxylic acids is 1. The van der Waals surface area contributed by atoms with Crippen molar-refractivity contribution in [1.29, 1.82) is 0 Å². The van der Waals surface area contributed by atoms with Gasteiger partial charge in [0.15, 0.2) is 0 Å². The van der Waals surface area contributed by atoms with Crippen LogP contribution in [0.1, 0.15) is 10.5 Å². The summed E-state index contributed by atoms with van der Waals surface area (Å²) in [5.74, 6) is -0.317. The van der Waals surface area contributed by atoms with Crippen molar-refractivity contribution < 1.29 is 14.5 Å². The number of nitrogens with one attached hydrogen (secondary N) is 2. The molecule has 2 aromatic carbocycles. The van der Waals surface area contributed by atoms with Crippen molar-refractivity contribution in [3.05, 3.63) is 68.3 Å². The number of rotatable bonds is 5. The minimum Gasteiger partial charge on any atom is -0.494 e. The van der Waals surface area contributed by atoms with Crippen LogP contribution in [0.5, 0.6) is 5.75 Å². The van der Waals surface area contributed by atoms with Crippen LogP contribution in [0.15, 0.2) is 42.5 Å². The highest BCUT2D eigenvalue weighted by Crippen LogP contribution is 2.30. The fraction of sp³-hybridized carbons (Fsp3) is 0.0588. The van der Waals surface area contributed by atoms with E-state index in [0.717, 1.165) is 0 Å². The zero-order chi connectivity index (χ0) is 19.6. The number of aromatic amines is 1. The van der Waals surface area contributed by atoms with Gasteiger partial charge >= 0.3 is 0 Å². The Hall–Kier alpha value is -3.10. The summed E-state index contributed by atoms with van der Waals surface area (Å²) in [4.78, 5) is 22.7. The first-order valence-electron chi connectivity index (χ1n) is 7.53. The largest absolute Gasteiger partial charge is 0.494 e. The molecule has 0 aliphatic rings. The molecule has 1 aromatic heterocycles.